The second-order valence-electron chi connectivity index (χ2n) is 4.89. The maximum absolute atomic E-state index is 12.3. The number of carbonyl (C=O) groups excluding carboxylic acids is 3. The average molecular weight is 346 g/mol. The van der Waals surface area contributed by atoms with Crippen molar-refractivity contribution in [2.75, 3.05) is 25.5 Å². The second kappa shape index (κ2) is 8.29. The van der Waals surface area contributed by atoms with Crippen LogP contribution in [0.3, 0.4) is 0 Å². The Hall–Kier alpha value is -2.62. The Kier molecular flexibility index (Phi) is 6.71. The monoisotopic (exact) mass is 346 g/mol. The van der Waals surface area contributed by atoms with Gasteiger partial charge in [0.2, 0.25) is 11.8 Å². The zero-order chi connectivity index (χ0) is 18.3. The molecule has 0 unspecified atom stereocenters. The normalized spacial score (nSPS) is 10.9. The van der Waals surface area contributed by atoms with E-state index >= 15 is 0 Å². The van der Waals surface area contributed by atoms with Crippen LogP contribution in [-0.4, -0.2) is 48.9 Å². The van der Waals surface area contributed by atoms with Crippen molar-refractivity contribution >= 4 is 23.4 Å². The van der Waals surface area contributed by atoms with Crippen LogP contribution < -0.4 is 16.4 Å². The van der Waals surface area contributed by atoms with Gasteiger partial charge in [0.05, 0.1) is 13.1 Å². The van der Waals surface area contributed by atoms with Gasteiger partial charge in [0.15, 0.2) is 0 Å². The summed E-state index contributed by atoms with van der Waals surface area (Å²) < 4.78 is 37.0. The molecule has 0 fully saturated rings. The van der Waals surface area contributed by atoms with Crippen molar-refractivity contribution in [3.8, 4) is 0 Å². The highest BCUT2D eigenvalue weighted by Crippen LogP contribution is 2.19. The fraction of sp³-hybridized carbons (Fsp3) is 0.357. The number of alkyl halides is 3. The van der Waals surface area contributed by atoms with Gasteiger partial charge in [-0.1, -0.05) is 12.1 Å². The van der Waals surface area contributed by atoms with Crippen molar-refractivity contribution in [2.24, 2.45) is 5.73 Å². The summed E-state index contributed by atoms with van der Waals surface area (Å²) in [4.78, 5) is 34.2. The molecule has 0 saturated carbocycles. The first-order valence-electron chi connectivity index (χ1n) is 6.81. The van der Waals surface area contributed by atoms with Gasteiger partial charge in [-0.05, 0) is 17.7 Å². The van der Waals surface area contributed by atoms with Crippen molar-refractivity contribution in [2.45, 2.75) is 12.7 Å². The molecule has 132 valence electrons. The van der Waals surface area contributed by atoms with Crippen molar-refractivity contribution in [3.63, 3.8) is 0 Å². The van der Waals surface area contributed by atoms with Gasteiger partial charge in [-0.25, -0.2) is 0 Å². The van der Waals surface area contributed by atoms with E-state index < -0.39 is 23.9 Å². The van der Waals surface area contributed by atoms with Crippen LogP contribution in [0.5, 0.6) is 0 Å². The molecule has 0 bridgehead atoms. The molecule has 1 rings (SSSR count). The number of nitrogens with one attached hydrogen (secondary N) is 2. The van der Waals surface area contributed by atoms with E-state index in [1.807, 2.05) is 0 Å². The first-order valence-corrected chi connectivity index (χ1v) is 6.81. The number of nitrogens with zero attached hydrogens (tertiary/aromatic N) is 1. The van der Waals surface area contributed by atoms with Crippen LogP contribution in [0.1, 0.15) is 5.56 Å². The number of carbonyl (C=O) groups is 3. The Morgan fingerprint density at radius 1 is 1.21 bits per heavy atom. The lowest BCUT2D eigenvalue weighted by Crippen LogP contribution is -2.38. The third-order valence-corrected chi connectivity index (χ3v) is 2.85. The number of rotatable bonds is 6. The lowest BCUT2D eigenvalue weighted by Gasteiger charge is -2.19. The predicted molar refractivity (Wildman–Crippen MR) is 79.7 cm³/mol. The number of halogens is 3. The topological polar surface area (TPSA) is 105 Å². The Labute approximate surface area is 136 Å². The summed E-state index contributed by atoms with van der Waals surface area (Å²) in [5.74, 6) is -2.97. The Balaban J connectivity index is 2.65. The SMILES string of the molecule is CN(Cc1cccc(NC(=O)CNC(=O)CN)c1)C(=O)C(F)(F)F. The second-order valence-corrected chi connectivity index (χ2v) is 4.89. The molecular formula is C14H17F3N4O3. The zero-order valence-electron chi connectivity index (χ0n) is 12.8. The van der Waals surface area contributed by atoms with E-state index in [0.29, 0.717) is 16.2 Å². The van der Waals surface area contributed by atoms with Crippen molar-refractivity contribution in [3.05, 3.63) is 29.8 Å². The average Bonchev–Trinajstić information content (AvgIpc) is 2.51. The predicted octanol–water partition coefficient (Wildman–Crippen LogP) is 0.221. The fourth-order valence-electron chi connectivity index (χ4n) is 1.77. The van der Waals surface area contributed by atoms with Crippen LogP contribution in [0.15, 0.2) is 24.3 Å². The van der Waals surface area contributed by atoms with Gasteiger partial charge in [0.25, 0.3) is 0 Å². The Morgan fingerprint density at radius 3 is 2.46 bits per heavy atom. The lowest BCUT2D eigenvalue weighted by molar-refractivity contribution is -0.184. The van der Waals surface area contributed by atoms with Crippen LogP contribution in [0.4, 0.5) is 18.9 Å². The first-order chi connectivity index (χ1) is 11.1. The molecule has 0 atom stereocenters. The summed E-state index contributed by atoms with van der Waals surface area (Å²) in [5.41, 5.74) is 5.80. The van der Waals surface area contributed by atoms with Crippen molar-refractivity contribution < 1.29 is 27.6 Å². The summed E-state index contributed by atoms with van der Waals surface area (Å²) in [5, 5.41) is 4.75. The minimum Gasteiger partial charge on any atom is -0.346 e. The number of benzene rings is 1. The molecule has 0 saturated heterocycles. The molecule has 0 aliphatic carbocycles. The highest BCUT2D eigenvalue weighted by molar-refractivity contribution is 5.94. The van der Waals surface area contributed by atoms with E-state index in [4.69, 9.17) is 5.73 Å². The zero-order valence-corrected chi connectivity index (χ0v) is 12.8. The fourth-order valence-corrected chi connectivity index (χ4v) is 1.77. The smallest absolute Gasteiger partial charge is 0.346 e. The molecule has 0 aliphatic heterocycles. The summed E-state index contributed by atoms with van der Waals surface area (Å²) in [6, 6.07) is 6.00. The molecule has 0 aromatic heterocycles. The van der Waals surface area contributed by atoms with E-state index in [1.165, 1.54) is 24.3 Å². The van der Waals surface area contributed by atoms with E-state index in [1.54, 1.807) is 0 Å². The van der Waals surface area contributed by atoms with Gasteiger partial charge in [-0.15, -0.1) is 0 Å². The number of anilines is 1. The van der Waals surface area contributed by atoms with Crippen LogP contribution in [0.2, 0.25) is 0 Å². The van der Waals surface area contributed by atoms with Gasteiger partial charge in [-0.2, -0.15) is 13.2 Å². The van der Waals surface area contributed by atoms with E-state index in [0.717, 1.165) is 7.05 Å². The Bertz CT molecular complexity index is 620. The molecule has 0 aliphatic rings. The summed E-state index contributed by atoms with van der Waals surface area (Å²) in [6.07, 6.45) is -4.94. The third kappa shape index (κ3) is 6.24. The molecule has 3 amide bonds. The van der Waals surface area contributed by atoms with Gasteiger partial charge < -0.3 is 21.3 Å². The highest BCUT2D eigenvalue weighted by Gasteiger charge is 2.41. The molecule has 1 aromatic rings. The first kappa shape index (κ1) is 19.4. The molecule has 0 radical (unpaired) electrons. The van der Waals surface area contributed by atoms with E-state index in [-0.39, 0.29) is 19.6 Å². The number of amides is 3. The lowest BCUT2D eigenvalue weighted by atomic mass is 10.2. The Morgan fingerprint density at radius 2 is 1.88 bits per heavy atom. The largest absolute Gasteiger partial charge is 0.471 e. The molecule has 10 heteroatoms. The van der Waals surface area contributed by atoms with Crippen molar-refractivity contribution in [1.82, 2.24) is 10.2 Å². The molecule has 24 heavy (non-hydrogen) atoms. The minimum atomic E-state index is -4.94. The van der Waals surface area contributed by atoms with Crippen LogP contribution >= 0.6 is 0 Å². The summed E-state index contributed by atoms with van der Waals surface area (Å²) in [6.45, 7) is -0.805. The van der Waals surface area contributed by atoms with Crippen LogP contribution in [0, 0.1) is 0 Å². The van der Waals surface area contributed by atoms with Gasteiger partial charge in [0.1, 0.15) is 0 Å². The van der Waals surface area contributed by atoms with Crippen LogP contribution in [0.25, 0.3) is 0 Å². The molecular weight excluding hydrogens is 329 g/mol. The number of nitrogens with two attached hydrogens (primary N) is 1. The van der Waals surface area contributed by atoms with Gasteiger partial charge in [0, 0.05) is 19.3 Å². The molecule has 0 spiro atoms. The molecule has 1 aromatic carbocycles. The number of hydrogen-bond acceptors (Lipinski definition) is 4. The van der Waals surface area contributed by atoms with Gasteiger partial charge in [-0.3, -0.25) is 14.4 Å². The quantitative estimate of drug-likeness (QED) is 0.685. The van der Waals surface area contributed by atoms with Crippen molar-refractivity contribution in [1.29, 1.82) is 0 Å². The summed E-state index contributed by atoms with van der Waals surface area (Å²) >= 11 is 0. The van der Waals surface area contributed by atoms with Crippen LogP contribution in [-0.2, 0) is 20.9 Å². The molecule has 0 heterocycles. The maximum atomic E-state index is 12.3. The third-order valence-electron chi connectivity index (χ3n) is 2.85. The molecule has 7 nitrogen and oxygen atoms in total. The maximum Gasteiger partial charge on any atom is 0.471 e. The highest BCUT2D eigenvalue weighted by atomic mass is 19.4. The van der Waals surface area contributed by atoms with E-state index in [9.17, 15) is 27.6 Å². The minimum absolute atomic E-state index is 0.248. The number of hydrogen-bond donors (Lipinski definition) is 3. The standard InChI is InChI=1S/C14H17F3N4O3/c1-21(13(24)14(15,16)17)8-9-3-2-4-10(5-9)20-12(23)7-19-11(22)6-18/h2-5H,6-8,18H2,1H3,(H,19,22)(H,20,23). The molecule has 4 N–H and O–H groups in total. The van der Waals surface area contributed by atoms with E-state index in [2.05, 4.69) is 10.6 Å². The summed E-state index contributed by atoms with van der Waals surface area (Å²) in [7, 11) is 1.03. The van der Waals surface area contributed by atoms with Gasteiger partial charge >= 0.3 is 12.1 Å².